The summed E-state index contributed by atoms with van der Waals surface area (Å²) in [6, 6.07) is 16.5. The summed E-state index contributed by atoms with van der Waals surface area (Å²) in [5, 5.41) is 13.6. The van der Waals surface area contributed by atoms with Crippen LogP contribution in [0.2, 0.25) is 0 Å². The number of hydrogen-bond acceptors (Lipinski definition) is 3. The van der Waals surface area contributed by atoms with Gasteiger partial charge in [-0.05, 0) is 98.1 Å². The van der Waals surface area contributed by atoms with Crippen molar-refractivity contribution in [1.29, 1.82) is 0 Å². The van der Waals surface area contributed by atoms with Crippen LogP contribution in [0.5, 0.6) is 5.75 Å². The van der Waals surface area contributed by atoms with Gasteiger partial charge in [0.1, 0.15) is 5.75 Å². The summed E-state index contributed by atoms with van der Waals surface area (Å²) >= 11 is 0. The van der Waals surface area contributed by atoms with Crippen molar-refractivity contribution in [3.8, 4) is 5.75 Å². The van der Waals surface area contributed by atoms with Crippen LogP contribution in [0.3, 0.4) is 0 Å². The Bertz CT molecular complexity index is 1030. The normalized spacial score (nSPS) is 30.8. The summed E-state index contributed by atoms with van der Waals surface area (Å²) in [5.41, 5.74) is 4.31. The molecule has 0 bridgehead atoms. The molecule has 174 valence electrons. The summed E-state index contributed by atoms with van der Waals surface area (Å²) < 4.78 is 0. The summed E-state index contributed by atoms with van der Waals surface area (Å²) in [6.45, 7) is 4.20. The number of amides is 1. The molecule has 1 aliphatic heterocycles. The maximum absolute atomic E-state index is 13.3. The molecule has 3 aliphatic carbocycles. The molecule has 2 unspecified atom stereocenters. The second kappa shape index (κ2) is 8.16. The number of phenolic OH excluding ortho intramolecular Hbond substituents is 1. The standard InChI is InChI=1S/C29H36N2O2/c32-25-9-8-23-17-28-18-24(27(33)30-14-11-21-4-2-1-3-5-21)10-12-29(28,26(23)16-25)13-15-31(20-28)19-22-6-7-22/h1-5,8-9,16,22,24,32H,6-7,10-15,17-20H2,(H,30,33)/t24-,28?,29?/m0/s1. The van der Waals surface area contributed by atoms with Gasteiger partial charge in [-0.15, -0.1) is 0 Å². The number of nitrogens with one attached hydrogen (secondary N) is 1. The number of phenols is 1. The average molecular weight is 445 g/mol. The number of carbonyl (C=O) groups excluding carboxylic acids is 1. The molecule has 2 aromatic carbocycles. The molecule has 0 spiro atoms. The second-order valence-corrected chi connectivity index (χ2v) is 11.3. The lowest BCUT2D eigenvalue weighted by molar-refractivity contribution is -0.131. The van der Waals surface area contributed by atoms with E-state index in [1.54, 1.807) is 0 Å². The Morgan fingerprint density at radius 1 is 1.09 bits per heavy atom. The van der Waals surface area contributed by atoms with E-state index in [0.717, 1.165) is 51.1 Å². The van der Waals surface area contributed by atoms with Crippen molar-refractivity contribution in [3.05, 3.63) is 65.2 Å². The third-order valence-electron chi connectivity index (χ3n) is 9.23. The van der Waals surface area contributed by atoms with Crippen molar-refractivity contribution < 1.29 is 9.90 Å². The first kappa shape index (κ1) is 21.2. The molecule has 3 atom stereocenters. The van der Waals surface area contributed by atoms with Gasteiger partial charge in [0.2, 0.25) is 5.91 Å². The Balaban J connectivity index is 1.21. The van der Waals surface area contributed by atoms with Crippen LogP contribution in [0.25, 0.3) is 0 Å². The molecular weight excluding hydrogens is 408 g/mol. The highest BCUT2D eigenvalue weighted by Crippen LogP contribution is 2.64. The maximum atomic E-state index is 13.3. The summed E-state index contributed by atoms with van der Waals surface area (Å²) in [7, 11) is 0. The van der Waals surface area contributed by atoms with Crippen molar-refractivity contribution in [1.82, 2.24) is 10.2 Å². The average Bonchev–Trinajstić information content (AvgIpc) is 3.59. The number of likely N-dealkylation sites (tertiary alicyclic amines) is 1. The number of nitrogens with zero attached hydrogens (tertiary/aromatic N) is 1. The first-order valence-electron chi connectivity index (χ1n) is 12.9. The fourth-order valence-electron chi connectivity index (χ4n) is 7.46. The lowest BCUT2D eigenvalue weighted by Crippen LogP contribution is -2.60. The minimum atomic E-state index is 0.0951. The number of carbonyl (C=O) groups is 1. The smallest absolute Gasteiger partial charge is 0.223 e. The number of benzene rings is 2. The molecule has 1 saturated heterocycles. The molecule has 2 aromatic rings. The molecule has 0 radical (unpaired) electrons. The number of fused-ring (bicyclic) bond motifs is 1. The van der Waals surface area contributed by atoms with Crippen LogP contribution < -0.4 is 5.32 Å². The Labute approximate surface area is 197 Å². The number of rotatable bonds is 6. The molecule has 4 aliphatic rings. The van der Waals surface area contributed by atoms with Crippen LogP contribution in [-0.4, -0.2) is 42.1 Å². The molecular formula is C29H36N2O2. The largest absolute Gasteiger partial charge is 0.508 e. The molecule has 4 heteroatoms. The van der Waals surface area contributed by atoms with E-state index in [1.807, 2.05) is 18.2 Å². The van der Waals surface area contributed by atoms with Crippen LogP contribution in [0, 0.1) is 17.3 Å². The van der Waals surface area contributed by atoms with Crippen LogP contribution in [0.15, 0.2) is 48.5 Å². The Kier molecular flexibility index (Phi) is 5.25. The summed E-state index contributed by atoms with van der Waals surface area (Å²) in [6.07, 6.45) is 8.86. The van der Waals surface area contributed by atoms with Crippen molar-refractivity contribution >= 4 is 5.91 Å². The van der Waals surface area contributed by atoms with Crippen molar-refractivity contribution in [2.24, 2.45) is 17.3 Å². The topological polar surface area (TPSA) is 52.6 Å². The van der Waals surface area contributed by atoms with E-state index in [1.165, 1.54) is 42.5 Å². The number of hydrogen-bond donors (Lipinski definition) is 2. The van der Waals surface area contributed by atoms with E-state index in [9.17, 15) is 9.90 Å². The van der Waals surface area contributed by atoms with Gasteiger partial charge < -0.3 is 15.3 Å². The van der Waals surface area contributed by atoms with E-state index in [0.29, 0.717) is 12.3 Å². The van der Waals surface area contributed by atoms with Gasteiger partial charge in [-0.3, -0.25) is 4.79 Å². The molecule has 1 amide bonds. The lowest BCUT2D eigenvalue weighted by atomic mass is 9.51. The Morgan fingerprint density at radius 3 is 2.76 bits per heavy atom. The van der Waals surface area contributed by atoms with E-state index in [-0.39, 0.29) is 22.7 Å². The van der Waals surface area contributed by atoms with Crippen LogP contribution in [-0.2, 0) is 23.1 Å². The van der Waals surface area contributed by atoms with Crippen LogP contribution in [0.1, 0.15) is 55.2 Å². The quantitative estimate of drug-likeness (QED) is 0.692. The zero-order valence-electron chi connectivity index (χ0n) is 19.6. The molecule has 1 heterocycles. The number of aromatic hydroxyl groups is 1. The van der Waals surface area contributed by atoms with Crippen LogP contribution in [0.4, 0.5) is 0 Å². The van der Waals surface area contributed by atoms with Crippen LogP contribution >= 0.6 is 0 Å². The SMILES string of the molecule is O=C(NCCc1ccccc1)[C@H]1CCC23CCN(CC4CC4)CC2(Cc2ccc(O)cc23)C1. The minimum Gasteiger partial charge on any atom is -0.508 e. The van der Waals surface area contributed by atoms with E-state index in [4.69, 9.17) is 0 Å². The van der Waals surface area contributed by atoms with Gasteiger partial charge in [0.15, 0.2) is 0 Å². The molecule has 2 saturated carbocycles. The van der Waals surface area contributed by atoms with Gasteiger partial charge in [0.25, 0.3) is 0 Å². The van der Waals surface area contributed by atoms with E-state index >= 15 is 0 Å². The monoisotopic (exact) mass is 444 g/mol. The molecule has 2 N–H and O–H groups in total. The maximum Gasteiger partial charge on any atom is 0.223 e. The Morgan fingerprint density at radius 2 is 1.94 bits per heavy atom. The van der Waals surface area contributed by atoms with Crippen molar-refractivity contribution in [3.63, 3.8) is 0 Å². The third kappa shape index (κ3) is 3.77. The molecule has 6 rings (SSSR count). The van der Waals surface area contributed by atoms with Gasteiger partial charge in [-0.1, -0.05) is 36.4 Å². The lowest BCUT2D eigenvalue weighted by Gasteiger charge is -2.57. The first-order chi connectivity index (χ1) is 16.1. The van der Waals surface area contributed by atoms with E-state index in [2.05, 4.69) is 40.5 Å². The molecule has 33 heavy (non-hydrogen) atoms. The summed E-state index contributed by atoms with van der Waals surface area (Å²) in [4.78, 5) is 16.0. The third-order valence-corrected chi connectivity index (χ3v) is 9.23. The molecule has 4 nitrogen and oxygen atoms in total. The zero-order chi connectivity index (χ0) is 22.5. The highest BCUT2D eigenvalue weighted by atomic mass is 16.3. The van der Waals surface area contributed by atoms with Gasteiger partial charge in [0, 0.05) is 31.0 Å². The number of piperidine rings is 1. The Hall–Kier alpha value is -2.33. The zero-order valence-corrected chi connectivity index (χ0v) is 19.6. The first-order valence-corrected chi connectivity index (χ1v) is 12.9. The summed E-state index contributed by atoms with van der Waals surface area (Å²) in [5.74, 6) is 1.62. The predicted octanol–water partition coefficient (Wildman–Crippen LogP) is 4.45. The minimum absolute atomic E-state index is 0.0951. The molecule has 3 fully saturated rings. The fraction of sp³-hybridized carbons (Fsp3) is 0.552. The fourth-order valence-corrected chi connectivity index (χ4v) is 7.46. The van der Waals surface area contributed by atoms with Crippen molar-refractivity contribution in [2.45, 2.75) is 56.8 Å². The van der Waals surface area contributed by atoms with Gasteiger partial charge in [0.05, 0.1) is 0 Å². The highest BCUT2D eigenvalue weighted by molar-refractivity contribution is 5.79. The highest BCUT2D eigenvalue weighted by Gasteiger charge is 2.62. The van der Waals surface area contributed by atoms with Crippen molar-refractivity contribution in [2.75, 3.05) is 26.2 Å². The molecule has 0 aromatic heterocycles. The second-order valence-electron chi connectivity index (χ2n) is 11.3. The van der Waals surface area contributed by atoms with Gasteiger partial charge in [-0.25, -0.2) is 0 Å². The van der Waals surface area contributed by atoms with Gasteiger partial charge >= 0.3 is 0 Å². The predicted molar refractivity (Wildman–Crippen MR) is 130 cm³/mol. The van der Waals surface area contributed by atoms with E-state index < -0.39 is 0 Å². The van der Waals surface area contributed by atoms with Gasteiger partial charge in [-0.2, -0.15) is 0 Å².